The van der Waals surface area contributed by atoms with Crippen LogP contribution in [0.25, 0.3) is 0 Å². The fraction of sp³-hybridized carbons (Fsp3) is 0.450. The maximum atomic E-state index is 12.6. The Bertz CT molecular complexity index is 803. The van der Waals surface area contributed by atoms with Crippen molar-refractivity contribution in [1.29, 1.82) is 0 Å². The molecule has 144 valence electrons. The molecule has 0 saturated carbocycles. The number of carbonyl (C=O) groups excluding carboxylic acids is 1. The smallest absolute Gasteiger partial charge is 0.308 e. The topological polar surface area (TPSA) is 79.7 Å². The molecule has 2 aromatic rings. The van der Waals surface area contributed by atoms with Gasteiger partial charge < -0.3 is 14.7 Å². The Morgan fingerprint density at radius 3 is 2.74 bits per heavy atom. The number of amides is 1. The molecule has 1 aliphatic heterocycles. The summed E-state index contributed by atoms with van der Waals surface area (Å²) in [6.07, 6.45) is 1.53. The van der Waals surface area contributed by atoms with Gasteiger partial charge in [0.15, 0.2) is 0 Å². The summed E-state index contributed by atoms with van der Waals surface area (Å²) in [4.78, 5) is 30.0. The van der Waals surface area contributed by atoms with Gasteiger partial charge in [-0.1, -0.05) is 17.7 Å². The molecule has 0 aliphatic carbocycles. The van der Waals surface area contributed by atoms with Gasteiger partial charge in [-0.15, -0.1) is 11.3 Å². The zero-order valence-electron chi connectivity index (χ0n) is 15.6. The monoisotopic (exact) mass is 388 g/mol. The van der Waals surface area contributed by atoms with Crippen molar-refractivity contribution < 1.29 is 19.4 Å². The molecule has 7 heteroatoms. The van der Waals surface area contributed by atoms with Crippen molar-refractivity contribution in [3.8, 4) is 5.75 Å². The van der Waals surface area contributed by atoms with E-state index in [1.807, 2.05) is 43.5 Å². The summed E-state index contributed by atoms with van der Waals surface area (Å²) in [5.41, 5.74) is 1.88. The molecule has 27 heavy (non-hydrogen) atoms. The molecule has 2 heterocycles. The number of benzene rings is 1. The van der Waals surface area contributed by atoms with Gasteiger partial charge in [-0.05, 0) is 38.8 Å². The Hall–Kier alpha value is -2.41. The number of carboxylic acid groups (broad SMARTS) is 1. The molecule has 1 N–H and O–H groups in total. The molecule has 1 amide bonds. The number of likely N-dealkylation sites (tertiary alicyclic amines) is 1. The maximum Gasteiger partial charge on any atom is 0.308 e. The molecular weight excluding hydrogens is 364 g/mol. The van der Waals surface area contributed by atoms with Crippen LogP contribution in [0.4, 0.5) is 0 Å². The summed E-state index contributed by atoms with van der Waals surface area (Å²) in [5.74, 6) is -0.581. The van der Waals surface area contributed by atoms with Crippen molar-refractivity contribution >= 4 is 23.2 Å². The number of aromatic nitrogens is 1. The van der Waals surface area contributed by atoms with Crippen LogP contribution in [0, 0.1) is 12.8 Å². The van der Waals surface area contributed by atoms with Crippen molar-refractivity contribution in [3.05, 3.63) is 45.9 Å². The highest BCUT2D eigenvalue weighted by Crippen LogP contribution is 2.23. The van der Waals surface area contributed by atoms with E-state index in [0.717, 1.165) is 17.2 Å². The fourth-order valence-corrected chi connectivity index (χ4v) is 3.89. The normalized spacial score (nSPS) is 19.7. The third kappa shape index (κ3) is 5.07. The molecule has 1 aromatic carbocycles. The molecule has 1 fully saturated rings. The van der Waals surface area contributed by atoms with Gasteiger partial charge in [-0.3, -0.25) is 9.59 Å². The number of hydrogen-bond donors (Lipinski definition) is 1. The first kappa shape index (κ1) is 19.4. The van der Waals surface area contributed by atoms with E-state index in [1.54, 1.807) is 4.90 Å². The average Bonchev–Trinajstić information content (AvgIpc) is 3.08. The summed E-state index contributed by atoms with van der Waals surface area (Å²) in [6.45, 7) is 4.64. The average molecular weight is 388 g/mol. The lowest BCUT2D eigenvalue weighted by Gasteiger charge is -2.36. The molecule has 3 rings (SSSR count). The van der Waals surface area contributed by atoms with E-state index < -0.39 is 11.9 Å². The summed E-state index contributed by atoms with van der Waals surface area (Å²) < 4.78 is 5.73. The van der Waals surface area contributed by atoms with Crippen LogP contribution >= 0.6 is 11.3 Å². The lowest BCUT2D eigenvalue weighted by atomic mass is 9.93. The predicted octanol–water partition coefficient (Wildman–Crippen LogP) is 3.28. The van der Waals surface area contributed by atoms with Crippen molar-refractivity contribution in [2.45, 2.75) is 45.8 Å². The second kappa shape index (κ2) is 8.52. The first-order chi connectivity index (χ1) is 12.9. The van der Waals surface area contributed by atoms with Gasteiger partial charge in [0, 0.05) is 18.0 Å². The minimum Gasteiger partial charge on any atom is -0.486 e. The number of aryl methyl sites for hydroxylation is 1. The molecule has 2 unspecified atom stereocenters. The minimum atomic E-state index is -0.830. The van der Waals surface area contributed by atoms with Crippen LogP contribution in [-0.4, -0.2) is 39.5 Å². The Balaban J connectivity index is 1.55. The quantitative estimate of drug-likeness (QED) is 0.821. The Kier molecular flexibility index (Phi) is 6.11. The highest BCUT2D eigenvalue weighted by molar-refractivity contribution is 7.09. The van der Waals surface area contributed by atoms with E-state index >= 15 is 0 Å². The van der Waals surface area contributed by atoms with Gasteiger partial charge >= 0.3 is 5.97 Å². The van der Waals surface area contributed by atoms with Crippen LogP contribution in [0.3, 0.4) is 0 Å². The summed E-state index contributed by atoms with van der Waals surface area (Å²) in [7, 11) is 0. The lowest BCUT2D eigenvalue weighted by molar-refractivity contribution is -0.147. The Morgan fingerprint density at radius 2 is 2.04 bits per heavy atom. The van der Waals surface area contributed by atoms with Crippen molar-refractivity contribution in [3.63, 3.8) is 0 Å². The highest BCUT2D eigenvalue weighted by atomic mass is 32.1. The zero-order chi connectivity index (χ0) is 19.4. The number of carboxylic acids is 1. The van der Waals surface area contributed by atoms with Gasteiger partial charge in [-0.2, -0.15) is 0 Å². The van der Waals surface area contributed by atoms with Crippen LogP contribution < -0.4 is 4.74 Å². The number of ether oxygens (including phenoxy) is 1. The van der Waals surface area contributed by atoms with E-state index in [4.69, 9.17) is 4.74 Å². The van der Waals surface area contributed by atoms with E-state index in [2.05, 4.69) is 4.98 Å². The molecule has 2 atom stereocenters. The SMILES string of the molecule is Cc1ccc(OCc2nc(CC(=O)N3CC(C(=O)O)CCC3C)cs2)cc1. The first-order valence-corrected chi connectivity index (χ1v) is 9.95. The molecular formula is C20H24N2O4S. The molecule has 0 spiro atoms. The van der Waals surface area contributed by atoms with Gasteiger partial charge in [0.2, 0.25) is 5.91 Å². The van der Waals surface area contributed by atoms with Crippen molar-refractivity contribution in [2.24, 2.45) is 5.92 Å². The molecule has 1 saturated heterocycles. The van der Waals surface area contributed by atoms with Crippen LogP contribution in [0.15, 0.2) is 29.6 Å². The zero-order valence-corrected chi connectivity index (χ0v) is 16.4. The molecule has 1 aliphatic rings. The van der Waals surface area contributed by atoms with Crippen LogP contribution in [-0.2, 0) is 22.6 Å². The fourth-order valence-electron chi connectivity index (χ4n) is 3.19. The number of thiazole rings is 1. The Labute approximate surface area is 162 Å². The van der Waals surface area contributed by atoms with Gasteiger partial charge in [0.05, 0.1) is 18.0 Å². The van der Waals surface area contributed by atoms with E-state index in [-0.39, 0.29) is 24.9 Å². The standard InChI is InChI=1S/C20H24N2O4S/c1-13-3-7-17(8-4-13)26-11-18-21-16(12-27-18)9-19(23)22-10-15(20(24)25)6-5-14(22)2/h3-4,7-8,12,14-15H,5-6,9-11H2,1-2H3,(H,24,25). The Morgan fingerprint density at radius 1 is 1.30 bits per heavy atom. The van der Waals surface area contributed by atoms with E-state index in [9.17, 15) is 14.7 Å². The predicted molar refractivity (Wildman–Crippen MR) is 103 cm³/mol. The minimum absolute atomic E-state index is 0.0650. The largest absolute Gasteiger partial charge is 0.486 e. The van der Waals surface area contributed by atoms with Gasteiger partial charge in [0.1, 0.15) is 17.4 Å². The number of rotatable bonds is 6. The van der Waals surface area contributed by atoms with Crippen LogP contribution in [0.5, 0.6) is 5.75 Å². The highest BCUT2D eigenvalue weighted by Gasteiger charge is 2.32. The maximum absolute atomic E-state index is 12.6. The summed E-state index contributed by atoms with van der Waals surface area (Å²) >= 11 is 1.47. The first-order valence-electron chi connectivity index (χ1n) is 9.07. The summed E-state index contributed by atoms with van der Waals surface area (Å²) in [6, 6.07) is 7.89. The molecule has 6 nitrogen and oxygen atoms in total. The van der Waals surface area contributed by atoms with E-state index in [0.29, 0.717) is 18.7 Å². The number of hydrogen-bond acceptors (Lipinski definition) is 5. The second-order valence-corrected chi connectivity index (χ2v) is 7.96. The third-order valence-corrected chi connectivity index (χ3v) is 5.74. The van der Waals surface area contributed by atoms with Crippen molar-refractivity contribution in [1.82, 2.24) is 9.88 Å². The van der Waals surface area contributed by atoms with Crippen LogP contribution in [0.2, 0.25) is 0 Å². The number of carbonyl (C=O) groups is 2. The van der Waals surface area contributed by atoms with Crippen LogP contribution in [0.1, 0.15) is 36.0 Å². The van der Waals surface area contributed by atoms with Gasteiger partial charge in [-0.25, -0.2) is 4.98 Å². The number of aliphatic carboxylic acids is 1. The van der Waals surface area contributed by atoms with Gasteiger partial charge in [0.25, 0.3) is 0 Å². The number of nitrogens with zero attached hydrogens (tertiary/aromatic N) is 2. The number of piperidine rings is 1. The lowest BCUT2D eigenvalue weighted by Crippen LogP contribution is -2.47. The third-order valence-electron chi connectivity index (χ3n) is 4.87. The second-order valence-electron chi connectivity index (χ2n) is 7.02. The molecule has 0 radical (unpaired) electrons. The van der Waals surface area contributed by atoms with E-state index in [1.165, 1.54) is 16.9 Å². The van der Waals surface area contributed by atoms with Crippen molar-refractivity contribution in [2.75, 3.05) is 6.54 Å². The molecule has 1 aromatic heterocycles. The molecule has 0 bridgehead atoms. The summed E-state index contributed by atoms with van der Waals surface area (Å²) in [5, 5.41) is 11.9.